The Balaban J connectivity index is 2.65. The van der Waals surface area contributed by atoms with Crippen LogP contribution in [-0.2, 0) is 14.6 Å². The Kier molecular flexibility index (Phi) is 2.50. The van der Waals surface area contributed by atoms with E-state index in [9.17, 15) is 8.42 Å². The van der Waals surface area contributed by atoms with Crippen molar-refractivity contribution in [3.05, 3.63) is 23.7 Å². The molecule has 0 bridgehead atoms. The highest BCUT2D eigenvalue weighted by Gasteiger charge is 2.35. The normalized spacial score (nSPS) is 13.2. The Morgan fingerprint density at radius 1 is 1.35 bits per heavy atom. The molecular formula is C11H15N3O2S. The maximum Gasteiger partial charge on any atom is 0.177 e. The van der Waals surface area contributed by atoms with Gasteiger partial charge < -0.3 is 4.98 Å². The molecule has 0 aromatic carbocycles. The molecule has 1 N–H and O–H groups in total. The molecule has 2 aromatic rings. The maximum atomic E-state index is 11.7. The van der Waals surface area contributed by atoms with Crippen LogP contribution in [0.25, 0.3) is 11.2 Å². The summed E-state index contributed by atoms with van der Waals surface area (Å²) in [6.07, 6.45) is 2.92. The topological polar surface area (TPSA) is 75.7 Å². The lowest BCUT2D eigenvalue weighted by molar-refractivity contribution is 0.552. The lowest BCUT2D eigenvalue weighted by atomic mass is 10.2. The van der Waals surface area contributed by atoms with Crippen molar-refractivity contribution in [3.63, 3.8) is 0 Å². The molecule has 0 spiro atoms. The van der Waals surface area contributed by atoms with E-state index >= 15 is 0 Å². The summed E-state index contributed by atoms with van der Waals surface area (Å²) < 4.78 is 22.4. The average Bonchev–Trinajstić information content (AvgIpc) is 2.58. The van der Waals surface area contributed by atoms with Crippen molar-refractivity contribution >= 4 is 21.0 Å². The van der Waals surface area contributed by atoms with Crippen molar-refractivity contribution in [3.8, 4) is 0 Å². The third-order valence-electron chi connectivity index (χ3n) is 2.97. The monoisotopic (exact) mass is 253 g/mol. The van der Waals surface area contributed by atoms with Crippen LogP contribution in [0.1, 0.15) is 25.2 Å². The van der Waals surface area contributed by atoms with E-state index in [1.54, 1.807) is 20.0 Å². The first kappa shape index (κ1) is 12.0. The number of imidazole rings is 1. The molecule has 17 heavy (non-hydrogen) atoms. The number of aromatic nitrogens is 3. The van der Waals surface area contributed by atoms with E-state index in [2.05, 4.69) is 15.0 Å². The van der Waals surface area contributed by atoms with Crippen LogP contribution in [-0.4, -0.2) is 29.6 Å². The van der Waals surface area contributed by atoms with Crippen molar-refractivity contribution in [2.24, 2.45) is 0 Å². The van der Waals surface area contributed by atoms with Crippen LogP contribution in [0.15, 0.2) is 12.3 Å². The zero-order valence-corrected chi connectivity index (χ0v) is 11.1. The van der Waals surface area contributed by atoms with Crippen molar-refractivity contribution in [2.75, 3.05) is 6.26 Å². The van der Waals surface area contributed by atoms with Gasteiger partial charge in [-0.2, -0.15) is 0 Å². The number of hydrogen-bond donors (Lipinski definition) is 1. The zero-order chi connectivity index (χ0) is 12.8. The van der Waals surface area contributed by atoms with E-state index < -0.39 is 14.6 Å². The summed E-state index contributed by atoms with van der Waals surface area (Å²) in [4.78, 5) is 11.4. The summed E-state index contributed by atoms with van der Waals surface area (Å²) in [7, 11) is -3.23. The molecule has 0 fully saturated rings. The van der Waals surface area contributed by atoms with E-state index in [0.717, 1.165) is 11.1 Å². The van der Waals surface area contributed by atoms with Crippen LogP contribution >= 0.6 is 0 Å². The van der Waals surface area contributed by atoms with Crippen LogP contribution in [0.5, 0.6) is 0 Å². The van der Waals surface area contributed by atoms with Gasteiger partial charge in [0.2, 0.25) is 0 Å². The molecule has 6 heteroatoms. The fourth-order valence-electron chi connectivity index (χ4n) is 1.47. The number of nitrogens with zero attached hydrogens (tertiary/aromatic N) is 2. The predicted molar refractivity (Wildman–Crippen MR) is 66.5 cm³/mol. The molecule has 2 heterocycles. The number of aryl methyl sites for hydroxylation is 1. The van der Waals surface area contributed by atoms with Crippen molar-refractivity contribution in [1.82, 2.24) is 15.0 Å². The first-order valence-corrected chi connectivity index (χ1v) is 7.13. The molecular weight excluding hydrogens is 238 g/mol. The van der Waals surface area contributed by atoms with Crippen molar-refractivity contribution < 1.29 is 8.42 Å². The van der Waals surface area contributed by atoms with E-state index in [0.29, 0.717) is 11.5 Å². The zero-order valence-electron chi connectivity index (χ0n) is 10.3. The second-order valence-electron chi connectivity index (χ2n) is 4.75. The summed E-state index contributed by atoms with van der Waals surface area (Å²) in [6, 6.07) is 1.90. The van der Waals surface area contributed by atoms with Gasteiger partial charge in [-0.25, -0.2) is 18.4 Å². The third-order valence-corrected chi connectivity index (χ3v) is 5.02. The lowest BCUT2D eigenvalue weighted by Crippen LogP contribution is -2.29. The van der Waals surface area contributed by atoms with Crippen molar-refractivity contribution in [1.29, 1.82) is 0 Å². The minimum atomic E-state index is -3.23. The lowest BCUT2D eigenvalue weighted by Gasteiger charge is -2.19. The number of sulfone groups is 1. The van der Waals surface area contributed by atoms with Gasteiger partial charge in [0, 0.05) is 12.5 Å². The minimum Gasteiger partial charge on any atom is -0.339 e. The molecule has 0 aliphatic carbocycles. The number of nitrogens with one attached hydrogen (secondary N) is 1. The number of hydrogen-bond acceptors (Lipinski definition) is 4. The summed E-state index contributed by atoms with van der Waals surface area (Å²) in [6.45, 7) is 5.19. The minimum absolute atomic E-state index is 0.424. The average molecular weight is 253 g/mol. The van der Waals surface area contributed by atoms with Gasteiger partial charge in [0.05, 0.1) is 5.52 Å². The quantitative estimate of drug-likeness (QED) is 0.881. The molecule has 0 unspecified atom stereocenters. The highest BCUT2D eigenvalue weighted by molar-refractivity contribution is 7.91. The van der Waals surface area contributed by atoms with Crippen LogP contribution < -0.4 is 0 Å². The molecule has 0 atom stereocenters. The highest BCUT2D eigenvalue weighted by atomic mass is 32.2. The van der Waals surface area contributed by atoms with E-state index in [4.69, 9.17) is 0 Å². The summed E-state index contributed by atoms with van der Waals surface area (Å²) >= 11 is 0. The predicted octanol–water partition coefficient (Wildman–Crippen LogP) is 1.55. The van der Waals surface area contributed by atoms with Crippen LogP contribution in [0.4, 0.5) is 0 Å². The second-order valence-corrected chi connectivity index (χ2v) is 7.32. The Hall–Kier alpha value is -1.43. The van der Waals surface area contributed by atoms with Crippen LogP contribution in [0.2, 0.25) is 0 Å². The van der Waals surface area contributed by atoms with E-state index in [1.807, 2.05) is 13.0 Å². The number of fused-ring (bicyclic) bond motifs is 1. The standard InChI is InChI=1S/C11H15N3O2S/c1-7-5-8-9(12-6-7)14-10(13-8)11(2,3)17(4,15)16/h5-6H,1-4H3,(H,12,13,14). The largest absolute Gasteiger partial charge is 0.339 e. The van der Waals surface area contributed by atoms with Crippen molar-refractivity contribution in [2.45, 2.75) is 25.5 Å². The van der Waals surface area contributed by atoms with Gasteiger partial charge in [-0.15, -0.1) is 0 Å². The molecule has 2 aromatic heterocycles. The van der Waals surface area contributed by atoms with Gasteiger partial charge in [0.15, 0.2) is 15.5 Å². The fraction of sp³-hybridized carbons (Fsp3) is 0.455. The van der Waals surface area contributed by atoms with Gasteiger partial charge in [-0.05, 0) is 32.4 Å². The SMILES string of the molecule is Cc1cnc2nc(C(C)(C)S(C)(=O)=O)[nH]c2c1. The molecule has 0 aliphatic rings. The first-order chi connectivity index (χ1) is 7.72. The number of aromatic amines is 1. The fourth-order valence-corrected chi connectivity index (χ4v) is 1.91. The maximum absolute atomic E-state index is 11.7. The Labute approximate surface area is 100 Å². The van der Waals surface area contributed by atoms with Crippen LogP contribution in [0, 0.1) is 6.92 Å². The third kappa shape index (κ3) is 1.93. The molecule has 0 amide bonds. The summed E-state index contributed by atoms with van der Waals surface area (Å²) in [5.74, 6) is 0.424. The first-order valence-electron chi connectivity index (χ1n) is 5.24. The molecule has 92 valence electrons. The van der Waals surface area contributed by atoms with Gasteiger partial charge in [0.25, 0.3) is 0 Å². The van der Waals surface area contributed by atoms with Gasteiger partial charge >= 0.3 is 0 Å². The molecule has 0 saturated heterocycles. The van der Waals surface area contributed by atoms with Gasteiger partial charge in [-0.3, -0.25) is 0 Å². The van der Waals surface area contributed by atoms with Gasteiger partial charge in [-0.1, -0.05) is 0 Å². The molecule has 0 aliphatic heterocycles. The number of H-pyrrole nitrogens is 1. The number of pyridine rings is 1. The number of rotatable bonds is 2. The second kappa shape index (κ2) is 3.53. The summed E-state index contributed by atoms with van der Waals surface area (Å²) in [5, 5.41) is 0. The van der Waals surface area contributed by atoms with Gasteiger partial charge in [0.1, 0.15) is 10.6 Å². The van der Waals surface area contributed by atoms with Crippen LogP contribution in [0.3, 0.4) is 0 Å². The molecule has 0 radical (unpaired) electrons. The molecule has 2 rings (SSSR count). The summed E-state index contributed by atoms with van der Waals surface area (Å²) in [5.41, 5.74) is 2.31. The Morgan fingerprint density at radius 2 is 2.00 bits per heavy atom. The van der Waals surface area contributed by atoms with E-state index in [1.165, 1.54) is 6.26 Å². The molecule has 5 nitrogen and oxygen atoms in total. The Morgan fingerprint density at radius 3 is 2.59 bits per heavy atom. The smallest absolute Gasteiger partial charge is 0.177 e. The Bertz CT molecular complexity index is 671. The molecule has 0 saturated carbocycles. The van der Waals surface area contributed by atoms with E-state index in [-0.39, 0.29) is 0 Å². The highest BCUT2D eigenvalue weighted by Crippen LogP contribution is 2.27.